The summed E-state index contributed by atoms with van der Waals surface area (Å²) in [5.41, 5.74) is 2.99. The van der Waals surface area contributed by atoms with Crippen molar-refractivity contribution in [2.75, 3.05) is 10.6 Å². The number of aromatic hydroxyl groups is 2. The molecular formula is C30H24N2O4. The molecule has 2 amide bonds. The molecule has 0 unspecified atom stereocenters. The van der Waals surface area contributed by atoms with Crippen LogP contribution in [0.15, 0.2) is 84.9 Å². The number of nitrogens with one attached hydrogen (secondary N) is 2. The summed E-state index contributed by atoms with van der Waals surface area (Å²) < 4.78 is 0. The number of carbonyl (C=O) groups is 2. The van der Waals surface area contributed by atoms with Crippen molar-refractivity contribution in [1.29, 1.82) is 0 Å². The summed E-state index contributed by atoms with van der Waals surface area (Å²) in [4.78, 5) is 26.3. The van der Waals surface area contributed by atoms with Crippen LogP contribution in [0, 0.1) is 13.8 Å². The normalized spacial score (nSPS) is 10.9. The molecule has 36 heavy (non-hydrogen) atoms. The van der Waals surface area contributed by atoms with Gasteiger partial charge in [-0.05, 0) is 70.8 Å². The summed E-state index contributed by atoms with van der Waals surface area (Å²) >= 11 is 0. The minimum absolute atomic E-state index is 0.0978. The standard InChI is InChI=1S/C30H24N2O4/c1-17-15-24(32-30(36)28-22-10-6-4-8-20(22)12-14-26(28)34)18(2)16-23(17)31-29(35)27-21-9-5-3-7-19(21)11-13-25(27)33/h3-16,33-34H,1-2H3,(H,31,35)(H,32,36). The van der Waals surface area contributed by atoms with Crippen LogP contribution in [0.3, 0.4) is 0 Å². The summed E-state index contributed by atoms with van der Waals surface area (Å²) in [6.45, 7) is 3.64. The molecule has 0 saturated heterocycles. The van der Waals surface area contributed by atoms with Gasteiger partial charge in [0.05, 0.1) is 11.1 Å². The lowest BCUT2D eigenvalue weighted by Gasteiger charge is -2.16. The highest BCUT2D eigenvalue weighted by molar-refractivity contribution is 6.16. The number of phenols is 2. The van der Waals surface area contributed by atoms with Crippen molar-refractivity contribution in [3.63, 3.8) is 0 Å². The molecular weight excluding hydrogens is 452 g/mol. The molecule has 5 aromatic carbocycles. The Morgan fingerprint density at radius 3 is 1.39 bits per heavy atom. The first kappa shape index (κ1) is 22.9. The third-order valence-electron chi connectivity index (χ3n) is 6.34. The summed E-state index contributed by atoms with van der Waals surface area (Å²) in [5.74, 6) is -1.05. The van der Waals surface area contributed by atoms with Crippen molar-refractivity contribution in [3.05, 3.63) is 107 Å². The predicted molar refractivity (Wildman–Crippen MR) is 143 cm³/mol. The number of phenolic OH excluding ortho intramolecular Hbond substituents is 2. The van der Waals surface area contributed by atoms with Crippen LogP contribution in [0.1, 0.15) is 31.8 Å². The first-order chi connectivity index (χ1) is 17.3. The van der Waals surface area contributed by atoms with Gasteiger partial charge < -0.3 is 20.8 Å². The summed E-state index contributed by atoms with van der Waals surface area (Å²) in [7, 11) is 0. The molecule has 0 radical (unpaired) electrons. The van der Waals surface area contributed by atoms with Crippen molar-refractivity contribution in [2.24, 2.45) is 0 Å². The largest absolute Gasteiger partial charge is 0.507 e. The lowest BCUT2D eigenvalue weighted by atomic mass is 10.0. The second-order valence-corrected chi connectivity index (χ2v) is 8.75. The zero-order valence-electron chi connectivity index (χ0n) is 19.8. The molecule has 0 aliphatic rings. The van der Waals surface area contributed by atoms with E-state index in [1.807, 2.05) is 50.2 Å². The van der Waals surface area contributed by atoms with Crippen LogP contribution >= 0.6 is 0 Å². The number of benzene rings is 5. The maximum Gasteiger partial charge on any atom is 0.260 e. The van der Waals surface area contributed by atoms with E-state index in [-0.39, 0.29) is 22.6 Å². The Balaban J connectivity index is 1.44. The fourth-order valence-electron chi connectivity index (χ4n) is 4.45. The molecule has 0 spiro atoms. The Bertz CT molecular complexity index is 1550. The molecule has 0 bridgehead atoms. The van der Waals surface area contributed by atoms with Crippen LogP contribution in [-0.2, 0) is 0 Å². The van der Waals surface area contributed by atoms with Crippen molar-refractivity contribution in [2.45, 2.75) is 13.8 Å². The number of hydrogen-bond acceptors (Lipinski definition) is 4. The van der Waals surface area contributed by atoms with E-state index in [0.29, 0.717) is 22.1 Å². The molecule has 6 heteroatoms. The van der Waals surface area contributed by atoms with Crippen LogP contribution in [0.25, 0.3) is 21.5 Å². The van der Waals surface area contributed by atoms with Crippen LogP contribution in [-0.4, -0.2) is 22.0 Å². The van der Waals surface area contributed by atoms with Gasteiger partial charge in [-0.1, -0.05) is 60.7 Å². The van der Waals surface area contributed by atoms with Gasteiger partial charge in [0.1, 0.15) is 11.5 Å². The van der Waals surface area contributed by atoms with E-state index in [2.05, 4.69) is 10.6 Å². The Morgan fingerprint density at radius 2 is 0.972 bits per heavy atom. The summed E-state index contributed by atoms with van der Waals surface area (Å²) in [6, 6.07) is 24.8. The zero-order valence-corrected chi connectivity index (χ0v) is 19.8. The van der Waals surface area contributed by atoms with Gasteiger partial charge >= 0.3 is 0 Å². The van der Waals surface area contributed by atoms with Crippen molar-refractivity contribution in [3.8, 4) is 11.5 Å². The lowest BCUT2D eigenvalue weighted by molar-refractivity contribution is 0.101. The van der Waals surface area contributed by atoms with Crippen molar-refractivity contribution >= 4 is 44.7 Å². The molecule has 0 saturated carbocycles. The van der Waals surface area contributed by atoms with Gasteiger partial charge in [0, 0.05) is 11.4 Å². The Morgan fingerprint density at radius 1 is 0.583 bits per heavy atom. The average Bonchev–Trinajstić information content (AvgIpc) is 2.86. The van der Waals surface area contributed by atoms with E-state index in [9.17, 15) is 19.8 Å². The molecule has 0 aliphatic carbocycles. The number of rotatable bonds is 4. The molecule has 0 aliphatic heterocycles. The fourth-order valence-corrected chi connectivity index (χ4v) is 4.45. The molecule has 4 N–H and O–H groups in total. The van der Waals surface area contributed by atoms with E-state index in [4.69, 9.17) is 0 Å². The quantitative estimate of drug-likeness (QED) is 0.237. The summed E-state index contributed by atoms with van der Waals surface area (Å²) in [6.07, 6.45) is 0. The van der Waals surface area contributed by atoms with E-state index in [1.54, 1.807) is 36.4 Å². The molecule has 0 aromatic heterocycles. The minimum Gasteiger partial charge on any atom is -0.507 e. The molecule has 178 valence electrons. The van der Waals surface area contributed by atoms with Gasteiger partial charge in [-0.15, -0.1) is 0 Å². The smallest absolute Gasteiger partial charge is 0.260 e. The number of carbonyl (C=O) groups excluding carboxylic acids is 2. The number of amides is 2. The molecule has 0 heterocycles. The number of anilines is 2. The highest BCUT2D eigenvalue weighted by Gasteiger charge is 2.19. The molecule has 5 aromatic rings. The highest BCUT2D eigenvalue weighted by Crippen LogP contribution is 2.32. The Labute approximate surface area is 207 Å². The van der Waals surface area contributed by atoms with Crippen LogP contribution in [0.5, 0.6) is 11.5 Å². The number of aryl methyl sites for hydroxylation is 2. The first-order valence-electron chi connectivity index (χ1n) is 11.5. The molecule has 6 nitrogen and oxygen atoms in total. The first-order valence-corrected chi connectivity index (χ1v) is 11.5. The van der Waals surface area contributed by atoms with Gasteiger partial charge in [-0.25, -0.2) is 0 Å². The average molecular weight is 477 g/mol. The van der Waals surface area contributed by atoms with Crippen LogP contribution in [0.2, 0.25) is 0 Å². The topological polar surface area (TPSA) is 98.7 Å². The third kappa shape index (κ3) is 4.09. The van der Waals surface area contributed by atoms with E-state index >= 15 is 0 Å². The SMILES string of the molecule is Cc1cc(NC(=O)c2c(O)ccc3ccccc23)c(C)cc1NC(=O)c1c(O)ccc2ccccc12. The van der Waals surface area contributed by atoms with E-state index in [1.165, 1.54) is 12.1 Å². The highest BCUT2D eigenvalue weighted by atomic mass is 16.3. The maximum absolute atomic E-state index is 13.2. The number of fused-ring (bicyclic) bond motifs is 2. The van der Waals surface area contributed by atoms with Gasteiger partial charge in [-0.2, -0.15) is 0 Å². The Kier molecular flexibility index (Phi) is 5.78. The zero-order chi connectivity index (χ0) is 25.4. The van der Waals surface area contributed by atoms with Crippen LogP contribution < -0.4 is 10.6 Å². The molecule has 0 atom stereocenters. The van der Waals surface area contributed by atoms with Gasteiger partial charge in [0.25, 0.3) is 11.8 Å². The van der Waals surface area contributed by atoms with Gasteiger partial charge in [0.2, 0.25) is 0 Å². The fraction of sp³-hybridized carbons (Fsp3) is 0.0667. The predicted octanol–water partition coefficient (Wildman–Crippen LogP) is 6.53. The number of hydrogen-bond donors (Lipinski definition) is 4. The van der Waals surface area contributed by atoms with Crippen LogP contribution in [0.4, 0.5) is 11.4 Å². The van der Waals surface area contributed by atoms with Gasteiger partial charge in [0.15, 0.2) is 0 Å². The Hall–Kier alpha value is -4.84. The van der Waals surface area contributed by atoms with Crippen molar-refractivity contribution < 1.29 is 19.8 Å². The van der Waals surface area contributed by atoms with E-state index < -0.39 is 11.8 Å². The second kappa shape index (κ2) is 9.07. The van der Waals surface area contributed by atoms with Gasteiger partial charge in [-0.3, -0.25) is 9.59 Å². The molecule has 5 rings (SSSR count). The second-order valence-electron chi connectivity index (χ2n) is 8.75. The monoisotopic (exact) mass is 476 g/mol. The van der Waals surface area contributed by atoms with E-state index in [0.717, 1.165) is 21.9 Å². The lowest BCUT2D eigenvalue weighted by Crippen LogP contribution is -2.16. The maximum atomic E-state index is 13.2. The molecule has 0 fully saturated rings. The van der Waals surface area contributed by atoms with Crippen molar-refractivity contribution in [1.82, 2.24) is 0 Å². The summed E-state index contributed by atoms with van der Waals surface area (Å²) in [5, 5.41) is 29.6. The third-order valence-corrected chi connectivity index (χ3v) is 6.34. The minimum atomic E-state index is -0.427.